The van der Waals surface area contributed by atoms with E-state index in [1.807, 2.05) is 0 Å². The highest BCUT2D eigenvalue weighted by Crippen LogP contribution is 2.44. The molecule has 0 saturated heterocycles. The third kappa shape index (κ3) is 3.57. The Morgan fingerprint density at radius 2 is 1.54 bits per heavy atom. The van der Waals surface area contributed by atoms with Gasteiger partial charge in [0, 0.05) is 17.5 Å². The van der Waals surface area contributed by atoms with Crippen LogP contribution in [0.4, 0.5) is 0 Å². The molecule has 2 atom stereocenters. The molecule has 1 aliphatic carbocycles. The summed E-state index contributed by atoms with van der Waals surface area (Å²) < 4.78 is 0. The van der Waals surface area contributed by atoms with Crippen molar-refractivity contribution in [2.75, 3.05) is 0 Å². The van der Waals surface area contributed by atoms with Gasteiger partial charge in [-0.05, 0) is 54.9 Å². The molecule has 0 saturated carbocycles. The van der Waals surface area contributed by atoms with Crippen molar-refractivity contribution in [3.8, 4) is 0 Å². The average Bonchev–Trinajstić information content (AvgIpc) is 2.83. The molecule has 1 nitrogen and oxygen atoms in total. The zero-order chi connectivity index (χ0) is 17.5. The maximum Gasteiger partial charge on any atom is 0.0399 e. The zero-order valence-corrected chi connectivity index (χ0v) is 16.0. The van der Waals surface area contributed by atoms with E-state index >= 15 is 0 Å². The van der Waals surface area contributed by atoms with Crippen molar-refractivity contribution in [2.45, 2.75) is 70.9 Å². The van der Waals surface area contributed by atoms with Crippen LogP contribution in [-0.4, -0.2) is 5.54 Å². The third-order valence-electron chi connectivity index (χ3n) is 5.00. The van der Waals surface area contributed by atoms with Crippen LogP contribution in [0.3, 0.4) is 0 Å². The minimum Gasteiger partial charge on any atom is -0.305 e. The van der Waals surface area contributed by atoms with Gasteiger partial charge in [-0.3, -0.25) is 0 Å². The molecule has 0 bridgehead atoms. The van der Waals surface area contributed by atoms with E-state index in [4.69, 9.17) is 0 Å². The van der Waals surface area contributed by atoms with Crippen molar-refractivity contribution in [2.24, 2.45) is 0 Å². The van der Waals surface area contributed by atoms with Crippen molar-refractivity contribution >= 4 is 0 Å². The molecule has 0 unspecified atom stereocenters. The van der Waals surface area contributed by atoms with Gasteiger partial charge >= 0.3 is 0 Å². The topological polar surface area (TPSA) is 12.0 Å². The molecule has 0 radical (unpaired) electrons. The minimum absolute atomic E-state index is 0.0992. The molecule has 2 aromatic carbocycles. The summed E-state index contributed by atoms with van der Waals surface area (Å²) in [6.07, 6.45) is 1.12. The highest BCUT2D eigenvalue weighted by atomic mass is 15.0. The standard InChI is InChI=1S/C23H31N/c1-22(2,3)18-12-13-19-17(14-18)15-20(16-10-8-7-9-11-16)21(19)24-23(4,5)6/h7-14,20-21,24H,15H2,1-6H3/t20-,21-/m1/s1. The van der Waals surface area contributed by atoms with Crippen LogP contribution in [0.15, 0.2) is 48.5 Å². The summed E-state index contributed by atoms with van der Waals surface area (Å²) in [4.78, 5) is 0. The summed E-state index contributed by atoms with van der Waals surface area (Å²) in [5.74, 6) is 0.510. The highest BCUT2D eigenvalue weighted by Gasteiger charge is 2.36. The van der Waals surface area contributed by atoms with Gasteiger partial charge in [0.1, 0.15) is 0 Å². The molecule has 0 amide bonds. The average molecular weight is 322 g/mol. The van der Waals surface area contributed by atoms with Crippen molar-refractivity contribution in [1.82, 2.24) is 5.32 Å². The SMILES string of the molecule is CC(C)(C)N[C@@H]1c2ccc(C(C)(C)C)cc2C[C@@H]1c1ccccc1. The Bertz CT molecular complexity index is 701. The van der Waals surface area contributed by atoms with Crippen LogP contribution in [0, 0.1) is 0 Å². The van der Waals surface area contributed by atoms with Crippen LogP contribution in [-0.2, 0) is 11.8 Å². The Hall–Kier alpha value is -1.60. The third-order valence-corrected chi connectivity index (χ3v) is 5.00. The highest BCUT2D eigenvalue weighted by molar-refractivity contribution is 5.45. The summed E-state index contributed by atoms with van der Waals surface area (Å²) in [6, 6.07) is 18.5. The molecule has 0 aliphatic heterocycles. The monoisotopic (exact) mass is 321 g/mol. The summed E-state index contributed by atoms with van der Waals surface area (Å²) in [5, 5.41) is 3.88. The van der Waals surface area contributed by atoms with Gasteiger partial charge in [0.05, 0.1) is 0 Å². The van der Waals surface area contributed by atoms with Crippen molar-refractivity contribution in [3.05, 3.63) is 70.8 Å². The van der Waals surface area contributed by atoms with E-state index in [1.165, 1.54) is 22.3 Å². The lowest BCUT2D eigenvalue weighted by Gasteiger charge is -2.31. The summed E-state index contributed by atoms with van der Waals surface area (Å²) >= 11 is 0. The number of hydrogen-bond acceptors (Lipinski definition) is 1. The Morgan fingerprint density at radius 3 is 2.12 bits per heavy atom. The number of nitrogens with one attached hydrogen (secondary N) is 1. The molecule has 0 heterocycles. The van der Waals surface area contributed by atoms with Crippen LogP contribution in [0.25, 0.3) is 0 Å². The first-order valence-corrected chi connectivity index (χ1v) is 9.11. The molecule has 1 heteroatoms. The molecule has 128 valence electrons. The normalized spacial score (nSPS) is 20.9. The summed E-state index contributed by atoms with van der Waals surface area (Å²) in [6.45, 7) is 13.7. The second-order valence-electron chi connectivity index (χ2n) is 9.26. The van der Waals surface area contributed by atoms with Gasteiger partial charge < -0.3 is 5.32 Å². The molecule has 0 aromatic heterocycles. The van der Waals surface area contributed by atoms with Crippen LogP contribution in [0.5, 0.6) is 0 Å². The van der Waals surface area contributed by atoms with E-state index in [0.717, 1.165) is 6.42 Å². The Balaban J connectivity index is 2.02. The molecule has 2 aromatic rings. The van der Waals surface area contributed by atoms with Gasteiger partial charge in [-0.1, -0.05) is 69.3 Å². The summed E-state index contributed by atoms with van der Waals surface area (Å²) in [7, 11) is 0. The molecule has 1 N–H and O–H groups in total. The van der Waals surface area contributed by atoms with Crippen molar-refractivity contribution < 1.29 is 0 Å². The van der Waals surface area contributed by atoms with E-state index in [-0.39, 0.29) is 11.0 Å². The van der Waals surface area contributed by atoms with Crippen LogP contribution >= 0.6 is 0 Å². The maximum atomic E-state index is 3.88. The minimum atomic E-state index is 0.0992. The van der Waals surface area contributed by atoms with Gasteiger partial charge in [0.25, 0.3) is 0 Å². The van der Waals surface area contributed by atoms with E-state index in [2.05, 4.69) is 95.4 Å². The van der Waals surface area contributed by atoms with Gasteiger partial charge in [0.15, 0.2) is 0 Å². The van der Waals surface area contributed by atoms with E-state index in [1.54, 1.807) is 0 Å². The molecule has 3 rings (SSSR count). The largest absolute Gasteiger partial charge is 0.305 e. The van der Waals surface area contributed by atoms with Gasteiger partial charge in [0.2, 0.25) is 0 Å². The lowest BCUT2D eigenvalue weighted by molar-refractivity contribution is 0.340. The fourth-order valence-electron chi connectivity index (χ4n) is 3.78. The Labute approximate surface area is 147 Å². The first-order chi connectivity index (χ1) is 11.1. The van der Waals surface area contributed by atoms with Gasteiger partial charge in [-0.25, -0.2) is 0 Å². The fourth-order valence-corrected chi connectivity index (χ4v) is 3.78. The number of rotatable bonds is 2. The lowest BCUT2D eigenvalue weighted by Crippen LogP contribution is -2.40. The second-order valence-corrected chi connectivity index (χ2v) is 9.26. The second kappa shape index (κ2) is 6.04. The van der Waals surface area contributed by atoms with E-state index < -0.39 is 0 Å². The first kappa shape index (κ1) is 17.2. The van der Waals surface area contributed by atoms with Gasteiger partial charge in [-0.15, -0.1) is 0 Å². The van der Waals surface area contributed by atoms with Gasteiger partial charge in [-0.2, -0.15) is 0 Å². The predicted molar refractivity (Wildman–Crippen MR) is 104 cm³/mol. The number of fused-ring (bicyclic) bond motifs is 1. The van der Waals surface area contributed by atoms with Crippen LogP contribution < -0.4 is 5.32 Å². The molecular formula is C23H31N. The van der Waals surface area contributed by atoms with E-state index in [0.29, 0.717) is 12.0 Å². The lowest BCUT2D eigenvalue weighted by atomic mass is 9.85. The number of benzene rings is 2. The van der Waals surface area contributed by atoms with E-state index in [9.17, 15) is 0 Å². The Kier molecular flexibility index (Phi) is 4.34. The molecule has 1 aliphatic rings. The number of hydrogen-bond donors (Lipinski definition) is 1. The molecule has 0 fully saturated rings. The van der Waals surface area contributed by atoms with Crippen LogP contribution in [0.1, 0.15) is 75.8 Å². The quantitative estimate of drug-likeness (QED) is 0.742. The smallest absolute Gasteiger partial charge is 0.0399 e. The summed E-state index contributed by atoms with van der Waals surface area (Å²) in [5.41, 5.74) is 6.16. The fraction of sp³-hybridized carbons (Fsp3) is 0.478. The zero-order valence-electron chi connectivity index (χ0n) is 16.0. The predicted octanol–water partition coefficient (Wildman–Crippen LogP) is 5.75. The Morgan fingerprint density at radius 1 is 0.875 bits per heavy atom. The maximum absolute atomic E-state index is 3.88. The van der Waals surface area contributed by atoms with Crippen molar-refractivity contribution in [1.29, 1.82) is 0 Å². The van der Waals surface area contributed by atoms with Crippen molar-refractivity contribution in [3.63, 3.8) is 0 Å². The first-order valence-electron chi connectivity index (χ1n) is 9.11. The molecular weight excluding hydrogens is 290 g/mol. The van der Waals surface area contributed by atoms with Crippen LogP contribution in [0.2, 0.25) is 0 Å². The molecule has 0 spiro atoms. The molecule has 24 heavy (non-hydrogen) atoms.